The maximum atomic E-state index is 4.58. The van der Waals surface area contributed by atoms with Crippen LogP contribution in [-0.2, 0) is 19.6 Å². The van der Waals surface area contributed by atoms with Crippen LogP contribution in [-0.4, -0.2) is 51.0 Å². The van der Waals surface area contributed by atoms with Crippen LogP contribution in [0.1, 0.15) is 16.7 Å². The Morgan fingerprint density at radius 2 is 1.92 bits per heavy atom. The lowest BCUT2D eigenvalue weighted by atomic mass is 10.1. The van der Waals surface area contributed by atoms with Crippen LogP contribution in [0.2, 0.25) is 0 Å². The normalized spacial score (nSPS) is 18.0. The third kappa shape index (κ3) is 2.85. The molecule has 0 saturated carbocycles. The fraction of sp³-hybridized carbons (Fsp3) is 0.389. The van der Waals surface area contributed by atoms with E-state index in [9.17, 15) is 0 Å². The summed E-state index contributed by atoms with van der Waals surface area (Å²) < 4.78 is 0. The van der Waals surface area contributed by atoms with E-state index in [0.29, 0.717) is 0 Å². The predicted molar refractivity (Wildman–Crippen MR) is 96.2 cm³/mol. The fourth-order valence-electron chi connectivity index (χ4n) is 3.72. The number of hydrogen-bond acceptors (Lipinski definition) is 6. The maximum Gasteiger partial charge on any atom is 0.205 e. The van der Waals surface area contributed by atoms with Crippen molar-refractivity contribution in [3.05, 3.63) is 47.4 Å². The average molecular weight is 335 g/mol. The zero-order valence-electron chi connectivity index (χ0n) is 14.1. The van der Waals surface area contributed by atoms with Crippen LogP contribution in [0.3, 0.4) is 0 Å². The van der Waals surface area contributed by atoms with Crippen LogP contribution >= 0.6 is 0 Å². The minimum Gasteiger partial charge on any atom is -0.340 e. The van der Waals surface area contributed by atoms with E-state index in [0.717, 1.165) is 62.9 Å². The molecule has 2 aliphatic rings. The molecule has 3 aromatic rings. The molecule has 7 nitrogen and oxygen atoms in total. The van der Waals surface area contributed by atoms with Gasteiger partial charge in [0.05, 0.1) is 6.20 Å². The van der Waals surface area contributed by atoms with Crippen molar-refractivity contribution in [2.24, 2.45) is 0 Å². The second-order valence-corrected chi connectivity index (χ2v) is 6.79. The highest BCUT2D eigenvalue weighted by molar-refractivity contribution is 5.72. The molecule has 1 fully saturated rings. The molecule has 2 aromatic heterocycles. The van der Waals surface area contributed by atoms with Gasteiger partial charge in [0, 0.05) is 45.8 Å². The Bertz CT molecular complexity index is 862. The lowest BCUT2D eigenvalue weighted by Crippen LogP contribution is -2.46. The predicted octanol–water partition coefficient (Wildman–Crippen LogP) is 1.28. The van der Waals surface area contributed by atoms with Gasteiger partial charge in [-0.15, -0.1) is 0 Å². The summed E-state index contributed by atoms with van der Waals surface area (Å²) in [5, 5.41) is 3.41. The number of imidazole rings is 1. The van der Waals surface area contributed by atoms with Crippen LogP contribution in [0.4, 0.5) is 5.95 Å². The molecule has 25 heavy (non-hydrogen) atoms. The Morgan fingerprint density at radius 1 is 1.04 bits per heavy atom. The van der Waals surface area contributed by atoms with Crippen molar-refractivity contribution in [3.8, 4) is 0 Å². The summed E-state index contributed by atoms with van der Waals surface area (Å²) in [4.78, 5) is 21.0. The Kier molecular flexibility index (Phi) is 3.61. The van der Waals surface area contributed by atoms with Gasteiger partial charge < -0.3 is 15.2 Å². The molecule has 0 amide bonds. The second-order valence-electron chi connectivity index (χ2n) is 6.79. The maximum absolute atomic E-state index is 4.58. The number of fused-ring (bicyclic) bond motifs is 2. The van der Waals surface area contributed by atoms with Crippen molar-refractivity contribution in [1.29, 1.82) is 0 Å². The summed E-state index contributed by atoms with van der Waals surface area (Å²) in [6.07, 6.45) is 3.31. The van der Waals surface area contributed by atoms with Crippen molar-refractivity contribution in [1.82, 2.24) is 30.2 Å². The van der Waals surface area contributed by atoms with Gasteiger partial charge in [-0.05, 0) is 16.7 Å². The zero-order chi connectivity index (χ0) is 16.6. The third-order valence-electron chi connectivity index (χ3n) is 5.13. The van der Waals surface area contributed by atoms with Gasteiger partial charge in [-0.3, -0.25) is 4.90 Å². The Labute approximate surface area is 146 Å². The minimum absolute atomic E-state index is 0.735. The van der Waals surface area contributed by atoms with Crippen molar-refractivity contribution < 1.29 is 0 Å². The average Bonchev–Trinajstić information content (AvgIpc) is 3.28. The summed E-state index contributed by atoms with van der Waals surface area (Å²) in [7, 11) is 0. The van der Waals surface area contributed by atoms with Gasteiger partial charge in [0.1, 0.15) is 11.8 Å². The van der Waals surface area contributed by atoms with Crippen LogP contribution < -0.4 is 10.2 Å². The molecule has 4 heterocycles. The molecule has 0 bridgehead atoms. The standard InChI is InChI=1S/C18H21N7/c1-2-14-8-19-9-15(14)7-13(1)11-24-3-5-25(6-4-24)18-22-16-10-20-12-21-17(16)23-18/h1-2,7,10,12,19H,3-6,8-9,11H2,(H,20,21,22,23). The van der Waals surface area contributed by atoms with Crippen molar-refractivity contribution >= 4 is 17.1 Å². The van der Waals surface area contributed by atoms with E-state index >= 15 is 0 Å². The number of hydrogen-bond donors (Lipinski definition) is 2. The summed E-state index contributed by atoms with van der Waals surface area (Å²) in [5.41, 5.74) is 5.95. The monoisotopic (exact) mass is 335 g/mol. The first-order chi connectivity index (χ1) is 12.3. The molecule has 2 N–H and O–H groups in total. The minimum atomic E-state index is 0.735. The van der Waals surface area contributed by atoms with Gasteiger partial charge in [-0.1, -0.05) is 18.2 Å². The van der Waals surface area contributed by atoms with Gasteiger partial charge in [-0.25, -0.2) is 9.97 Å². The first kappa shape index (κ1) is 14.8. The smallest absolute Gasteiger partial charge is 0.205 e. The number of piperazine rings is 1. The quantitative estimate of drug-likeness (QED) is 0.751. The van der Waals surface area contributed by atoms with E-state index in [1.807, 2.05) is 0 Å². The SMILES string of the molecule is c1ncc2[nH]c(N3CCN(Cc4ccc5c(c4)CNC5)CC3)nc2n1. The van der Waals surface area contributed by atoms with E-state index < -0.39 is 0 Å². The molecular weight excluding hydrogens is 314 g/mol. The third-order valence-corrected chi connectivity index (χ3v) is 5.13. The Hall–Kier alpha value is -2.51. The summed E-state index contributed by atoms with van der Waals surface area (Å²) in [6, 6.07) is 6.91. The Balaban J connectivity index is 1.23. The van der Waals surface area contributed by atoms with Crippen LogP contribution in [0.5, 0.6) is 0 Å². The molecular formula is C18H21N7. The number of benzene rings is 1. The summed E-state index contributed by atoms with van der Waals surface area (Å²) in [6.45, 7) is 7.06. The Morgan fingerprint density at radius 3 is 2.80 bits per heavy atom. The number of aromatic nitrogens is 4. The van der Waals surface area contributed by atoms with Gasteiger partial charge >= 0.3 is 0 Å². The molecule has 1 saturated heterocycles. The lowest BCUT2D eigenvalue weighted by molar-refractivity contribution is 0.249. The lowest BCUT2D eigenvalue weighted by Gasteiger charge is -2.34. The number of rotatable bonds is 3. The van der Waals surface area contributed by atoms with Crippen molar-refractivity contribution in [2.45, 2.75) is 19.6 Å². The molecule has 128 valence electrons. The van der Waals surface area contributed by atoms with Gasteiger partial charge in [0.15, 0.2) is 5.65 Å². The van der Waals surface area contributed by atoms with Crippen LogP contribution in [0.15, 0.2) is 30.7 Å². The van der Waals surface area contributed by atoms with Crippen molar-refractivity contribution in [3.63, 3.8) is 0 Å². The van der Waals surface area contributed by atoms with Gasteiger partial charge in [0.25, 0.3) is 0 Å². The topological polar surface area (TPSA) is 73.0 Å². The molecule has 0 unspecified atom stereocenters. The highest BCUT2D eigenvalue weighted by atomic mass is 15.3. The van der Waals surface area contributed by atoms with E-state index in [-0.39, 0.29) is 0 Å². The molecule has 2 aliphatic heterocycles. The van der Waals surface area contributed by atoms with Crippen molar-refractivity contribution in [2.75, 3.05) is 31.1 Å². The highest BCUT2D eigenvalue weighted by Crippen LogP contribution is 2.20. The molecule has 1 aromatic carbocycles. The largest absolute Gasteiger partial charge is 0.340 e. The number of H-pyrrole nitrogens is 1. The zero-order valence-corrected chi connectivity index (χ0v) is 14.1. The highest BCUT2D eigenvalue weighted by Gasteiger charge is 2.20. The number of nitrogens with zero attached hydrogens (tertiary/aromatic N) is 5. The van der Waals surface area contributed by atoms with E-state index in [1.165, 1.54) is 23.0 Å². The number of anilines is 1. The summed E-state index contributed by atoms with van der Waals surface area (Å²) in [5.74, 6) is 0.902. The fourth-order valence-corrected chi connectivity index (χ4v) is 3.72. The second kappa shape index (κ2) is 6.09. The first-order valence-electron chi connectivity index (χ1n) is 8.79. The number of nitrogens with one attached hydrogen (secondary N) is 2. The van der Waals surface area contributed by atoms with Gasteiger partial charge in [-0.2, -0.15) is 4.98 Å². The molecule has 0 atom stereocenters. The van der Waals surface area contributed by atoms with Crippen LogP contribution in [0, 0.1) is 0 Å². The van der Waals surface area contributed by atoms with E-state index in [2.05, 4.69) is 53.3 Å². The molecule has 0 spiro atoms. The molecule has 5 rings (SSSR count). The summed E-state index contributed by atoms with van der Waals surface area (Å²) >= 11 is 0. The first-order valence-corrected chi connectivity index (χ1v) is 8.79. The number of aromatic amines is 1. The molecule has 0 radical (unpaired) electrons. The van der Waals surface area contributed by atoms with E-state index in [4.69, 9.17) is 0 Å². The molecule has 7 heteroatoms. The van der Waals surface area contributed by atoms with Crippen LogP contribution in [0.25, 0.3) is 11.2 Å². The van der Waals surface area contributed by atoms with Gasteiger partial charge in [0.2, 0.25) is 5.95 Å². The molecule has 0 aliphatic carbocycles. The van der Waals surface area contributed by atoms with E-state index in [1.54, 1.807) is 6.20 Å².